The van der Waals surface area contributed by atoms with Crippen molar-refractivity contribution in [2.45, 2.75) is 32.3 Å². The van der Waals surface area contributed by atoms with Gasteiger partial charge in [0.2, 0.25) is 5.82 Å². The van der Waals surface area contributed by atoms with Crippen molar-refractivity contribution in [1.82, 2.24) is 24.6 Å². The van der Waals surface area contributed by atoms with Gasteiger partial charge >= 0.3 is 0 Å². The number of hydrogen-bond acceptors (Lipinski definition) is 5. The van der Waals surface area contributed by atoms with E-state index in [1.54, 1.807) is 11.7 Å². The van der Waals surface area contributed by atoms with Crippen LogP contribution < -0.4 is 0 Å². The molecule has 1 atom stereocenters. The molecule has 0 bridgehead atoms. The fourth-order valence-corrected chi connectivity index (χ4v) is 3.65. The van der Waals surface area contributed by atoms with Gasteiger partial charge in [0, 0.05) is 26.7 Å². The number of carbonyl (C=O) groups excluding carboxylic acids is 1. The fourth-order valence-electron chi connectivity index (χ4n) is 3.65. The van der Waals surface area contributed by atoms with Gasteiger partial charge in [0.1, 0.15) is 6.33 Å². The summed E-state index contributed by atoms with van der Waals surface area (Å²) in [5.41, 5.74) is 0.260. The zero-order valence-electron chi connectivity index (χ0n) is 14.4. The van der Waals surface area contributed by atoms with Crippen LogP contribution in [0.1, 0.15) is 36.8 Å². The van der Waals surface area contributed by atoms with Gasteiger partial charge in [-0.05, 0) is 38.3 Å². The molecule has 3 rings (SSSR count). The van der Waals surface area contributed by atoms with E-state index in [4.69, 9.17) is 4.74 Å². The molecule has 0 aromatic carbocycles. The van der Waals surface area contributed by atoms with Gasteiger partial charge in [-0.25, -0.2) is 9.67 Å². The largest absolute Gasteiger partial charge is 0.376 e. The third-order valence-electron chi connectivity index (χ3n) is 5.36. The monoisotopic (exact) mass is 321 g/mol. The first-order valence-electron chi connectivity index (χ1n) is 8.46. The summed E-state index contributed by atoms with van der Waals surface area (Å²) in [5.74, 6) is 0.409. The minimum Gasteiger partial charge on any atom is -0.376 e. The second kappa shape index (κ2) is 6.57. The molecule has 0 radical (unpaired) electrons. The highest BCUT2D eigenvalue weighted by Gasteiger charge is 2.43. The molecule has 2 fully saturated rings. The van der Waals surface area contributed by atoms with Gasteiger partial charge in [0.05, 0.1) is 12.7 Å². The van der Waals surface area contributed by atoms with E-state index in [0.29, 0.717) is 11.9 Å². The van der Waals surface area contributed by atoms with Crippen LogP contribution in [0.3, 0.4) is 0 Å². The molecular weight excluding hydrogens is 294 g/mol. The van der Waals surface area contributed by atoms with E-state index in [0.717, 1.165) is 52.0 Å². The third kappa shape index (κ3) is 3.40. The van der Waals surface area contributed by atoms with E-state index >= 15 is 0 Å². The fraction of sp³-hybridized carbons (Fsp3) is 0.812. The maximum absolute atomic E-state index is 12.5. The number of ether oxygens (including phenoxy) is 1. The summed E-state index contributed by atoms with van der Waals surface area (Å²) in [6.45, 7) is 6.62. The summed E-state index contributed by atoms with van der Waals surface area (Å²) >= 11 is 0. The van der Waals surface area contributed by atoms with E-state index in [1.165, 1.54) is 6.33 Å². The molecule has 2 saturated heterocycles. The van der Waals surface area contributed by atoms with Gasteiger partial charge in [-0.1, -0.05) is 6.92 Å². The van der Waals surface area contributed by atoms with Crippen molar-refractivity contribution in [2.75, 3.05) is 39.8 Å². The number of likely N-dealkylation sites (tertiary alicyclic amines) is 1. The van der Waals surface area contributed by atoms with Crippen LogP contribution in [0, 0.1) is 5.41 Å². The molecule has 2 aliphatic rings. The Balaban J connectivity index is 1.55. The van der Waals surface area contributed by atoms with Crippen molar-refractivity contribution < 1.29 is 9.53 Å². The third-order valence-corrected chi connectivity index (χ3v) is 5.36. The maximum atomic E-state index is 12.5. The molecular formula is C16H27N5O2. The van der Waals surface area contributed by atoms with E-state index in [1.807, 2.05) is 4.90 Å². The zero-order valence-corrected chi connectivity index (χ0v) is 14.4. The first kappa shape index (κ1) is 16.4. The van der Waals surface area contributed by atoms with Crippen LogP contribution >= 0.6 is 0 Å². The van der Waals surface area contributed by atoms with Crippen molar-refractivity contribution >= 4 is 5.91 Å². The molecule has 2 aliphatic heterocycles. The molecule has 7 nitrogen and oxygen atoms in total. The van der Waals surface area contributed by atoms with E-state index in [2.05, 4.69) is 29.0 Å². The number of rotatable bonds is 4. The number of amides is 1. The standard InChI is InChI=1S/C16H27N5O2/c1-4-19(2)10-13-9-16(11-23-13)5-7-21(8-6-16)15(22)14-17-12-18-20(14)3/h12-13H,4-11H2,1-3H3/t13-/m0/s1. The molecule has 1 aromatic rings. The van der Waals surface area contributed by atoms with Gasteiger partial charge in [-0.2, -0.15) is 5.10 Å². The molecule has 23 heavy (non-hydrogen) atoms. The van der Waals surface area contributed by atoms with Crippen molar-refractivity contribution in [3.05, 3.63) is 12.2 Å². The number of aromatic nitrogens is 3. The number of nitrogens with zero attached hydrogens (tertiary/aromatic N) is 5. The summed E-state index contributed by atoms with van der Waals surface area (Å²) in [4.78, 5) is 20.8. The van der Waals surface area contributed by atoms with E-state index in [-0.39, 0.29) is 11.3 Å². The Morgan fingerprint density at radius 2 is 2.22 bits per heavy atom. The van der Waals surface area contributed by atoms with E-state index in [9.17, 15) is 4.79 Å². The zero-order chi connectivity index (χ0) is 16.4. The van der Waals surface area contributed by atoms with Gasteiger partial charge in [-0.15, -0.1) is 0 Å². The van der Waals surface area contributed by atoms with E-state index < -0.39 is 0 Å². The van der Waals surface area contributed by atoms with Crippen molar-refractivity contribution in [3.8, 4) is 0 Å². The Kier molecular flexibility index (Phi) is 4.68. The van der Waals surface area contributed by atoms with Crippen LogP contribution in [0.4, 0.5) is 0 Å². The number of carbonyl (C=O) groups is 1. The van der Waals surface area contributed by atoms with Crippen LogP contribution in [-0.4, -0.2) is 76.4 Å². The Morgan fingerprint density at radius 3 is 2.83 bits per heavy atom. The predicted molar refractivity (Wildman–Crippen MR) is 86.1 cm³/mol. The Morgan fingerprint density at radius 1 is 1.48 bits per heavy atom. The first-order valence-corrected chi connectivity index (χ1v) is 8.46. The quantitative estimate of drug-likeness (QED) is 0.820. The molecule has 0 aliphatic carbocycles. The van der Waals surface area contributed by atoms with Crippen LogP contribution in [0.2, 0.25) is 0 Å². The number of hydrogen-bond donors (Lipinski definition) is 0. The topological polar surface area (TPSA) is 63.5 Å². The minimum absolute atomic E-state index is 0.0129. The Labute approximate surface area is 137 Å². The first-order chi connectivity index (χ1) is 11.0. The Hall–Kier alpha value is -1.47. The average molecular weight is 321 g/mol. The molecule has 128 valence electrons. The molecule has 7 heteroatoms. The summed E-state index contributed by atoms with van der Waals surface area (Å²) < 4.78 is 7.58. The van der Waals surface area contributed by atoms with Crippen LogP contribution in [0.5, 0.6) is 0 Å². The molecule has 0 unspecified atom stereocenters. The lowest BCUT2D eigenvalue weighted by Crippen LogP contribution is -2.44. The lowest BCUT2D eigenvalue weighted by Gasteiger charge is -2.38. The van der Waals surface area contributed by atoms with Gasteiger partial charge < -0.3 is 14.5 Å². The lowest BCUT2D eigenvalue weighted by molar-refractivity contribution is 0.0453. The van der Waals surface area contributed by atoms with Crippen LogP contribution in [0.25, 0.3) is 0 Å². The van der Waals surface area contributed by atoms with Gasteiger partial charge in [0.15, 0.2) is 0 Å². The van der Waals surface area contributed by atoms with Crippen LogP contribution in [-0.2, 0) is 11.8 Å². The number of likely N-dealkylation sites (N-methyl/N-ethyl adjacent to an activating group) is 1. The molecule has 1 amide bonds. The average Bonchev–Trinajstić information content (AvgIpc) is 3.14. The molecule has 1 spiro atoms. The van der Waals surface area contributed by atoms with Crippen molar-refractivity contribution in [3.63, 3.8) is 0 Å². The van der Waals surface area contributed by atoms with Crippen molar-refractivity contribution in [2.24, 2.45) is 12.5 Å². The SMILES string of the molecule is CCN(C)C[C@@H]1CC2(CCN(C(=O)c3ncnn3C)CC2)CO1. The highest BCUT2D eigenvalue weighted by Crippen LogP contribution is 2.42. The van der Waals surface area contributed by atoms with Crippen LogP contribution in [0.15, 0.2) is 6.33 Å². The summed E-state index contributed by atoms with van der Waals surface area (Å²) in [7, 11) is 3.89. The summed E-state index contributed by atoms with van der Waals surface area (Å²) in [6.07, 6.45) is 4.91. The molecule has 3 heterocycles. The second-order valence-corrected chi connectivity index (χ2v) is 6.99. The summed E-state index contributed by atoms with van der Waals surface area (Å²) in [5, 5.41) is 3.98. The molecule has 1 aromatic heterocycles. The normalized spacial score (nSPS) is 23.8. The van der Waals surface area contributed by atoms with Gasteiger partial charge in [-0.3, -0.25) is 4.79 Å². The number of aryl methyl sites for hydroxylation is 1. The predicted octanol–water partition coefficient (Wildman–Crippen LogP) is 0.778. The van der Waals surface area contributed by atoms with Crippen molar-refractivity contribution in [1.29, 1.82) is 0 Å². The highest BCUT2D eigenvalue weighted by atomic mass is 16.5. The lowest BCUT2D eigenvalue weighted by atomic mass is 9.76. The summed E-state index contributed by atoms with van der Waals surface area (Å²) in [6, 6.07) is 0. The smallest absolute Gasteiger partial charge is 0.291 e. The number of piperidine rings is 1. The minimum atomic E-state index is -0.0129. The molecule has 0 saturated carbocycles. The maximum Gasteiger partial charge on any atom is 0.291 e. The second-order valence-electron chi connectivity index (χ2n) is 6.99. The molecule has 0 N–H and O–H groups in total. The highest BCUT2D eigenvalue weighted by molar-refractivity contribution is 5.90. The van der Waals surface area contributed by atoms with Gasteiger partial charge in [0.25, 0.3) is 5.91 Å². The Bertz CT molecular complexity index is 550.